The molecule has 0 amide bonds. The molecule has 0 aromatic heterocycles. The fourth-order valence-corrected chi connectivity index (χ4v) is 2.32. The minimum Gasteiger partial charge on any atom is -0.493 e. The van der Waals surface area contributed by atoms with E-state index in [4.69, 9.17) is 15.2 Å². The quantitative estimate of drug-likeness (QED) is 0.848. The van der Waals surface area contributed by atoms with Gasteiger partial charge in [0.25, 0.3) is 0 Å². The normalized spacial score (nSPS) is 12.9. The van der Waals surface area contributed by atoms with Crippen molar-refractivity contribution in [3.05, 3.63) is 59.4 Å². The first-order valence-corrected chi connectivity index (χ1v) is 6.95. The van der Waals surface area contributed by atoms with Gasteiger partial charge in [0.05, 0.1) is 26.4 Å². The SMILES string of the molecule is COc1cc(F)c([C@@H](N)[C@@H](O)Cc2ccccc2)cc1OC.Cl. The monoisotopic (exact) mass is 341 g/mol. The zero-order chi connectivity index (χ0) is 16.1. The zero-order valence-corrected chi connectivity index (χ0v) is 13.8. The predicted molar refractivity (Wildman–Crippen MR) is 89.8 cm³/mol. The largest absolute Gasteiger partial charge is 0.493 e. The minimum absolute atomic E-state index is 0. The number of methoxy groups -OCH3 is 2. The Labute approximate surface area is 141 Å². The van der Waals surface area contributed by atoms with Gasteiger partial charge in [0.15, 0.2) is 11.5 Å². The number of aliphatic hydroxyl groups is 1. The molecule has 0 saturated heterocycles. The summed E-state index contributed by atoms with van der Waals surface area (Å²) in [5, 5.41) is 10.3. The van der Waals surface area contributed by atoms with Gasteiger partial charge in [0.2, 0.25) is 0 Å². The highest BCUT2D eigenvalue weighted by atomic mass is 35.5. The number of hydrogen-bond donors (Lipinski definition) is 2. The number of hydrogen-bond acceptors (Lipinski definition) is 4. The lowest BCUT2D eigenvalue weighted by atomic mass is 9.96. The molecule has 0 aliphatic heterocycles. The number of aliphatic hydroxyl groups excluding tert-OH is 1. The van der Waals surface area contributed by atoms with E-state index in [-0.39, 0.29) is 23.7 Å². The van der Waals surface area contributed by atoms with Crippen LogP contribution < -0.4 is 15.2 Å². The minimum atomic E-state index is -0.907. The topological polar surface area (TPSA) is 64.7 Å². The van der Waals surface area contributed by atoms with Crippen LogP contribution in [0.1, 0.15) is 17.2 Å². The van der Waals surface area contributed by atoms with Crippen LogP contribution in [-0.2, 0) is 6.42 Å². The molecular formula is C17H21ClFNO3. The van der Waals surface area contributed by atoms with Crippen LogP contribution in [0.3, 0.4) is 0 Å². The summed E-state index contributed by atoms with van der Waals surface area (Å²) in [4.78, 5) is 0. The Kier molecular flexibility index (Phi) is 7.29. The Morgan fingerprint density at radius 2 is 1.65 bits per heavy atom. The van der Waals surface area contributed by atoms with E-state index in [0.29, 0.717) is 12.2 Å². The molecule has 0 radical (unpaired) electrons. The van der Waals surface area contributed by atoms with Crippen LogP contribution in [0.2, 0.25) is 0 Å². The first-order valence-electron chi connectivity index (χ1n) is 6.95. The molecule has 2 atom stereocenters. The fraction of sp³-hybridized carbons (Fsp3) is 0.294. The average Bonchev–Trinajstić information content (AvgIpc) is 2.54. The van der Waals surface area contributed by atoms with E-state index in [1.807, 2.05) is 30.3 Å². The maximum atomic E-state index is 14.2. The summed E-state index contributed by atoms with van der Waals surface area (Å²) < 4.78 is 24.4. The zero-order valence-electron chi connectivity index (χ0n) is 13.0. The number of benzene rings is 2. The summed E-state index contributed by atoms with van der Waals surface area (Å²) in [7, 11) is 2.90. The van der Waals surface area contributed by atoms with Gasteiger partial charge >= 0.3 is 0 Å². The van der Waals surface area contributed by atoms with Crippen LogP contribution in [0, 0.1) is 5.82 Å². The lowest BCUT2D eigenvalue weighted by Gasteiger charge is -2.21. The van der Waals surface area contributed by atoms with E-state index in [9.17, 15) is 9.50 Å². The summed E-state index contributed by atoms with van der Waals surface area (Å²) in [5.41, 5.74) is 7.15. The second-order valence-corrected chi connectivity index (χ2v) is 5.01. The molecule has 4 nitrogen and oxygen atoms in total. The molecule has 6 heteroatoms. The van der Waals surface area contributed by atoms with Crippen molar-refractivity contribution in [3.63, 3.8) is 0 Å². The maximum absolute atomic E-state index is 14.2. The van der Waals surface area contributed by atoms with Crippen molar-refractivity contribution < 1.29 is 19.0 Å². The van der Waals surface area contributed by atoms with Gasteiger partial charge < -0.3 is 20.3 Å². The second-order valence-electron chi connectivity index (χ2n) is 5.01. The lowest BCUT2D eigenvalue weighted by Crippen LogP contribution is -2.29. The molecule has 2 aromatic rings. The Bertz CT molecular complexity index is 625. The van der Waals surface area contributed by atoms with Crippen molar-refractivity contribution in [2.75, 3.05) is 14.2 Å². The summed E-state index contributed by atoms with van der Waals surface area (Å²) >= 11 is 0. The van der Waals surface area contributed by atoms with E-state index in [1.165, 1.54) is 26.4 Å². The molecule has 0 heterocycles. The van der Waals surface area contributed by atoms with Gasteiger partial charge in [-0.3, -0.25) is 0 Å². The fourth-order valence-electron chi connectivity index (χ4n) is 2.32. The van der Waals surface area contributed by atoms with Crippen molar-refractivity contribution in [2.24, 2.45) is 5.73 Å². The molecule has 0 spiro atoms. The van der Waals surface area contributed by atoms with Crippen LogP contribution in [0.4, 0.5) is 4.39 Å². The van der Waals surface area contributed by atoms with Crippen LogP contribution in [0.5, 0.6) is 11.5 Å². The lowest BCUT2D eigenvalue weighted by molar-refractivity contribution is 0.143. The maximum Gasteiger partial charge on any atom is 0.163 e. The summed E-state index contributed by atoms with van der Waals surface area (Å²) in [6.45, 7) is 0. The summed E-state index contributed by atoms with van der Waals surface area (Å²) in [5.74, 6) is 0.132. The number of halogens is 2. The smallest absolute Gasteiger partial charge is 0.163 e. The molecule has 3 N–H and O–H groups in total. The third kappa shape index (κ3) is 4.58. The standard InChI is InChI=1S/C17H20FNO3.ClH/c1-21-15-9-12(13(18)10-16(15)22-2)17(19)14(20)8-11-6-4-3-5-7-11;/h3-7,9-10,14,17,20H,8,19H2,1-2H3;1H/t14-,17+;/m0./s1. The van der Waals surface area contributed by atoms with Crippen LogP contribution >= 0.6 is 12.4 Å². The number of ether oxygens (including phenoxy) is 2. The molecule has 126 valence electrons. The molecular weight excluding hydrogens is 321 g/mol. The molecule has 2 rings (SSSR count). The predicted octanol–water partition coefficient (Wildman–Crippen LogP) is 2.87. The van der Waals surface area contributed by atoms with E-state index in [0.717, 1.165) is 5.56 Å². The van der Waals surface area contributed by atoms with Crippen LogP contribution in [0.15, 0.2) is 42.5 Å². The van der Waals surface area contributed by atoms with Crippen molar-refractivity contribution in [3.8, 4) is 11.5 Å². The molecule has 0 aliphatic carbocycles. The van der Waals surface area contributed by atoms with E-state index < -0.39 is 18.0 Å². The van der Waals surface area contributed by atoms with Gasteiger partial charge in [-0.05, 0) is 11.6 Å². The van der Waals surface area contributed by atoms with Gasteiger partial charge in [-0.1, -0.05) is 30.3 Å². The Morgan fingerprint density at radius 3 is 2.22 bits per heavy atom. The molecule has 0 unspecified atom stereocenters. The molecule has 0 saturated carbocycles. The third-order valence-electron chi connectivity index (χ3n) is 3.56. The Hall–Kier alpha value is -1.82. The highest BCUT2D eigenvalue weighted by Gasteiger charge is 2.23. The van der Waals surface area contributed by atoms with Crippen molar-refractivity contribution in [2.45, 2.75) is 18.6 Å². The first kappa shape index (κ1) is 19.2. The molecule has 2 aromatic carbocycles. The molecule has 0 fully saturated rings. The van der Waals surface area contributed by atoms with Gasteiger partial charge in [0, 0.05) is 18.1 Å². The van der Waals surface area contributed by atoms with Gasteiger partial charge in [0.1, 0.15) is 5.82 Å². The summed E-state index contributed by atoms with van der Waals surface area (Å²) in [6, 6.07) is 11.2. The van der Waals surface area contributed by atoms with Crippen molar-refractivity contribution >= 4 is 12.4 Å². The average molecular weight is 342 g/mol. The van der Waals surface area contributed by atoms with Crippen molar-refractivity contribution in [1.29, 1.82) is 0 Å². The third-order valence-corrected chi connectivity index (χ3v) is 3.56. The first-order chi connectivity index (χ1) is 10.6. The highest BCUT2D eigenvalue weighted by molar-refractivity contribution is 5.85. The van der Waals surface area contributed by atoms with E-state index in [2.05, 4.69) is 0 Å². The summed E-state index contributed by atoms with van der Waals surface area (Å²) in [6.07, 6.45) is -0.564. The molecule has 0 bridgehead atoms. The van der Waals surface area contributed by atoms with Gasteiger partial charge in [-0.2, -0.15) is 0 Å². The number of rotatable bonds is 6. The molecule has 23 heavy (non-hydrogen) atoms. The van der Waals surface area contributed by atoms with Crippen molar-refractivity contribution in [1.82, 2.24) is 0 Å². The van der Waals surface area contributed by atoms with Crippen LogP contribution in [0.25, 0.3) is 0 Å². The van der Waals surface area contributed by atoms with Crippen LogP contribution in [-0.4, -0.2) is 25.4 Å². The van der Waals surface area contributed by atoms with Gasteiger partial charge in [-0.15, -0.1) is 12.4 Å². The number of nitrogens with two attached hydrogens (primary N) is 1. The molecule has 0 aliphatic rings. The Morgan fingerprint density at radius 1 is 1.09 bits per heavy atom. The van der Waals surface area contributed by atoms with E-state index >= 15 is 0 Å². The highest BCUT2D eigenvalue weighted by Crippen LogP contribution is 2.33. The van der Waals surface area contributed by atoms with E-state index in [1.54, 1.807) is 0 Å². The second kappa shape index (κ2) is 8.72. The Balaban J connectivity index is 0.00000264. The van der Waals surface area contributed by atoms with Gasteiger partial charge in [-0.25, -0.2) is 4.39 Å².